The van der Waals surface area contributed by atoms with Crippen molar-refractivity contribution in [3.8, 4) is 0 Å². The molecule has 1 N–H and O–H groups in total. The zero-order valence-corrected chi connectivity index (χ0v) is 9.57. The van der Waals surface area contributed by atoms with Gasteiger partial charge in [0, 0.05) is 10.0 Å². The molecule has 1 saturated carbocycles. The lowest BCUT2D eigenvalue weighted by molar-refractivity contribution is 0.698. The molecule has 0 unspecified atom stereocenters. The summed E-state index contributed by atoms with van der Waals surface area (Å²) < 4.78 is 0. The Hall–Kier alpha value is -0.240. The smallest absolute Gasteiger partial charge is 0.0423 e. The highest BCUT2D eigenvalue weighted by atomic mass is 35.5. The molecule has 0 spiro atoms. The van der Waals surface area contributed by atoms with Gasteiger partial charge in [0.15, 0.2) is 0 Å². The Morgan fingerprint density at radius 3 is 2.50 bits per heavy atom. The zero-order chi connectivity index (χ0) is 10.1. The van der Waals surface area contributed by atoms with Crippen LogP contribution in [0.5, 0.6) is 0 Å². The molecule has 0 radical (unpaired) electrons. The van der Waals surface area contributed by atoms with Gasteiger partial charge in [-0.1, -0.05) is 23.2 Å². The molecule has 2 rings (SSSR count). The van der Waals surface area contributed by atoms with Crippen molar-refractivity contribution in [1.82, 2.24) is 5.32 Å². The third-order valence-corrected chi connectivity index (χ3v) is 3.14. The van der Waals surface area contributed by atoms with Crippen LogP contribution in [0.3, 0.4) is 0 Å². The molecule has 76 valence electrons. The summed E-state index contributed by atoms with van der Waals surface area (Å²) in [5.41, 5.74) is 1.28. The topological polar surface area (TPSA) is 12.0 Å². The predicted octanol–water partition coefficient (Wildman–Crippen LogP) is 3.32. The van der Waals surface area contributed by atoms with Crippen LogP contribution in [0.25, 0.3) is 0 Å². The Kier molecular flexibility index (Phi) is 3.01. The van der Waals surface area contributed by atoms with Gasteiger partial charge in [0.05, 0.1) is 0 Å². The fourth-order valence-corrected chi connectivity index (χ4v) is 2.48. The van der Waals surface area contributed by atoms with Gasteiger partial charge in [0.1, 0.15) is 0 Å². The van der Waals surface area contributed by atoms with Crippen LogP contribution in [0.15, 0.2) is 18.2 Å². The molecule has 1 nitrogen and oxygen atoms in total. The van der Waals surface area contributed by atoms with E-state index < -0.39 is 0 Å². The van der Waals surface area contributed by atoms with Crippen LogP contribution in [0.1, 0.15) is 17.9 Å². The summed E-state index contributed by atoms with van der Waals surface area (Å²) in [6.07, 6.45) is 1.25. The largest absolute Gasteiger partial charge is 0.319 e. The molecule has 0 amide bonds. The molecule has 1 aromatic carbocycles. The van der Waals surface area contributed by atoms with Crippen LogP contribution in [-0.2, 0) is 0 Å². The average Bonchev–Trinajstić information content (AvgIpc) is 2.82. The van der Waals surface area contributed by atoms with Crippen LogP contribution in [0.4, 0.5) is 0 Å². The highest BCUT2D eigenvalue weighted by Crippen LogP contribution is 2.47. The second kappa shape index (κ2) is 4.09. The molecular formula is C11H13Cl2N. The lowest BCUT2D eigenvalue weighted by Gasteiger charge is -2.02. The fourth-order valence-electron chi connectivity index (χ4n) is 1.93. The first-order valence-electron chi connectivity index (χ1n) is 4.81. The molecule has 2 atom stereocenters. The minimum Gasteiger partial charge on any atom is -0.319 e. The molecule has 0 aliphatic heterocycles. The van der Waals surface area contributed by atoms with Crippen molar-refractivity contribution in [2.24, 2.45) is 5.92 Å². The quantitative estimate of drug-likeness (QED) is 0.839. The highest BCUT2D eigenvalue weighted by Gasteiger charge is 2.37. The SMILES string of the molecule is CNC[C@@H]1C[C@@H]1c1cc(Cl)cc(Cl)c1. The normalized spacial score (nSPS) is 25.1. The van der Waals surface area contributed by atoms with Gasteiger partial charge < -0.3 is 5.32 Å². The Morgan fingerprint density at radius 2 is 1.93 bits per heavy atom. The van der Waals surface area contributed by atoms with Crippen molar-refractivity contribution in [1.29, 1.82) is 0 Å². The first kappa shape index (κ1) is 10.3. The van der Waals surface area contributed by atoms with E-state index in [9.17, 15) is 0 Å². The van der Waals surface area contributed by atoms with Gasteiger partial charge in [0.2, 0.25) is 0 Å². The van der Waals surface area contributed by atoms with Crippen molar-refractivity contribution in [2.45, 2.75) is 12.3 Å². The number of rotatable bonds is 3. The van der Waals surface area contributed by atoms with Gasteiger partial charge >= 0.3 is 0 Å². The van der Waals surface area contributed by atoms with Crippen LogP contribution >= 0.6 is 23.2 Å². The van der Waals surface area contributed by atoms with Crippen LogP contribution in [0.2, 0.25) is 10.0 Å². The Morgan fingerprint density at radius 1 is 1.29 bits per heavy atom. The summed E-state index contributed by atoms with van der Waals surface area (Å²) in [6, 6.07) is 5.82. The number of hydrogen-bond acceptors (Lipinski definition) is 1. The summed E-state index contributed by atoms with van der Waals surface area (Å²) in [4.78, 5) is 0. The van der Waals surface area contributed by atoms with Gasteiger partial charge in [-0.05, 0) is 55.6 Å². The maximum absolute atomic E-state index is 5.95. The van der Waals surface area contributed by atoms with Crippen molar-refractivity contribution >= 4 is 23.2 Å². The number of hydrogen-bond donors (Lipinski definition) is 1. The zero-order valence-electron chi connectivity index (χ0n) is 8.06. The van der Waals surface area contributed by atoms with E-state index in [0.717, 1.165) is 22.5 Å². The molecule has 1 aliphatic rings. The van der Waals surface area contributed by atoms with E-state index in [4.69, 9.17) is 23.2 Å². The number of nitrogens with one attached hydrogen (secondary N) is 1. The summed E-state index contributed by atoms with van der Waals surface area (Å²) in [7, 11) is 1.99. The third kappa shape index (κ3) is 2.22. The van der Waals surface area contributed by atoms with E-state index in [1.165, 1.54) is 12.0 Å². The third-order valence-electron chi connectivity index (χ3n) is 2.70. The van der Waals surface area contributed by atoms with Crippen LogP contribution in [0, 0.1) is 5.92 Å². The van der Waals surface area contributed by atoms with E-state index in [0.29, 0.717) is 5.92 Å². The van der Waals surface area contributed by atoms with Gasteiger partial charge in [0.25, 0.3) is 0 Å². The molecule has 0 aromatic heterocycles. The molecule has 1 aromatic rings. The highest BCUT2D eigenvalue weighted by molar-refractivity contribution is 6.34. The summed E-state index contributed by atoms with van der Waals surface area (Å²) in [5, 5.41) is 4.67. The van der Waals surface area contributed by atoms with E-state index in [2.05, 4.69) is 5.32 Å². The minimum atomic E-state index is 0.652. The Balaban J connectivity index is 2.11. The van der Waals surface area contributed by atoms with Gasteiger partial charge in [-0.3, -0.25) is 0 Å². The maximum Gasteiger partial charge on any atom is 0.0423 e. The first-order chi connectivity index (χ1) is 6.70. The van der Waals surface area contributed by atoms with Crippen LogP contribution < -0.4 is 5.32 Å². The second-order valence-electron chi connectivity index (χ2n) is 3.86. The molecule has 3 heteroatoms. The monoisotopic (exact) mass is 229 g/mol. The molecule has 0 saturated heterocycles. The first-order valence-corrected chi connectivity index (χ1v) is 5.57. The van der Waals surface area contributed by atoms with E-state index >= 15 is 0 Å². The minimum absolute atomic E-state index is 0.652. The van der Waals surface area contributed by atoms with Crippen molar-refractivity contribution in [3.05, 3.63) is 33.8 Å². The van der Waals surface area contributed by atoms with Crippen molar-refractivity contribution in [3.63, 3.8) is 0 Å². The van der Waals surface area contributed by atoms with Crippen molar-refractivity contribution < 1.29 is 0 Å². The molecular weight excluding hydrogens is 217 g/mol. The standard InChI is InChI=1S/C11H13Cl2N/c1-14-6-8-4-11(8)7-2-9(12)5-10(13)3-7/h2-3,5,8,11,14H,4,6H2,1H3/t8-,11+/m0/s1. The molecule has 1 fully saturated rings. The number of halogens is 2. The van der Waals surface area contributed by atoms with Gasteiger partial charge in [-0.15, -0.1) is 0 Å². The molecule has 1 aliphatic carbocycles. The lowest BCUT2D eigenvalue weighted by atomic mass is 10.1. The second-order valence-corrected chi connectivity index (χ2v) is 4.74. The summed E-state index contributed by atoms with van der Waals surface area (Å²) in [5.74, 6) is 1.41. The summed E-state index contributed by atoms with van der Waals surface area (Å²) in [6.45, 7) is 1.08. The molecule has 0 heterocycles. The number of benzene rings is 1. The van der Waals surface area contributed by atoms with E-state index in [1.807, 2.05) is 19.2 Å². The van der Waals surface area contributed by atoms with Gasteiger partial charge in [-0.25, -0.2) is 0 Å². The predicted molar refractivity (Wildman–Crippen MR) is 61.2 cm³/mol. The maximum atomic E-state index is 5.95. The average molecular weight is 230 g/mol. The Labute approximate surface area is 94.4 Å². The Bertz CT molecular complexity index is 318. The summed E-state index contributed by atoms with van der Waals surface area (Å²) >= 11 is 11.9. The van der Waals surface area contributed by atoms with Crippen molar-refractivity contribution in [2.75, 3.05) is 13.6 Å². The molecule has 0 bridgehead atoms. The fraction of sp³-hybridized carbons (Fsp3) is 0.455. The van der Waals surface area contributed by atoms with E-state index in [-0.39, 0.29) is 0 Å². The van der Waals surface area contributed by atoms with Crippen LogP contribution in [-0.4, -0.2) is 13.6 Å². The van der Waals surface area contributed by atoms with E-state index in [1.54, 1.807) is 6.07 Å². The van der Waals surface area contributed by atoms with Gasteiger partial charge in [-0.2, -0.15) is 0 Å². The molecule has 14 heavy (non-hydrogen) atoms. The lowest BCUT2D eigenvalue weighted by Crippen LogP contribution is -2.10.